The zero-order chi connectivity index (χ0) is 9.31. The Morgan fingerprint density at radius 3 is 2.62 bits per heavy atom. The largest absolute Gasteiger partial charge is 0.382 e. The van der Waals surface area contributed by atoms with Gasteiger partial charge in [0.1, 0.15) is 5.82 Å². The van der Waals surface area contributed by atoms with E-state index in [2.05, 4.69) is 17.1 Å². The van der Waals surface area contributed by atoms with Crippen LogP contribution in [0.2, 0.25) is 0 Å². The summed E-state index contributed by atoms with van der Waals surface area (Å²) in [5.74, 6) is 0.613. The number of rotatable bonds is 1. The molecule has 3 nitrogen and oxygen atoms in total. The van der Waals surface area contributed by atoms with Crippen molar-refractivity contribution in [2.75, 3.05) is 5.73 Å². The predicted octanol–water partition coefficient (Wildman–Crippen LogP) is 2.21. The number of aromatic nitrogens is 2. The van der Waals surface area contributed by atoms with Crippen LogP contribution in [-0.4, -0.2) is 10.2 Å². The highest BCUT2D eigenvalue weighted by molar-refractivity contribution is 5.32. The lowest BCUT2D eigenvalue weighted by molar-refractivity contribution is 0.312. The van der Waals surface area contributed by atoms with Crippen molar-refractivity contribution in [3.63, 3.8) is 0 Å². The van der Waals surface area contributed by atoms with Crippen LogP contribution in [0, 0.1) is 0 Å². The molecule has 0 bridgehead atoms. The van der Waals surface area contributed by atoms with E-state index in [0.717, 1.165) is 0 Å². The van der Waals surface area contributed by atoms with Crippen molar-refractivity contribution in [2.45, 2.75) is 44.4 Å². The fraction of sp³-hybridized carbons (Fsp3) is 0.700. The summed E-state index contributed by atoms with van der Waals surface area (Å²) in [6, 6.07) is 1.98. The van der Waals surface area contributed by atoms with Gasteiger partial charge in [-0.2, -0.15) is 5.10 Å². The molecule has 0 amide bonds. The first-order chi connectivity index (χ1) is 6.21. The molecule has 2 rings (SSSR count). The lowest BCUT2D eigenvalue weighted by atomic mass is 9.73. The molecule has 1 aliphatic rings. The van der Waals surface area contributed by atoms with Crippen molar-refractivity contribution >= 4 is 5.82 Å². The third kappa shape index (κ3) is 1.55. The summed E-state index contributed by atoms with van der Waals surface area (Å²) < 4.78 is 0. The average molecular weight is 179 g/mol. The molecule has 0 aliphatic heterocycles. The maximum Gasteiger partial charge on any atom is 0.145 e. The van der Waals surface area contributed by atoms with Crippen molar-refractivity contribution in [3.8, 4) is 0 Å². The Hall–Kier alpha value is -0.990. The second kappa shape index (κ2) is 3.05. The molecule has 3 heteroatoms. The van der Waals surface area contributed by atoms with E-state index in [-0.39, 0.29) is 0 Å². The van der Waals surface area contributed by atoms with Gasteiger partial charge in [-0.15, -0.1) is 0 Å². The number of nitrogens with two attached hydrogens (primary N) is 1. The number of hydrogen-bond donors (Lipinski definition) is 2. The van der Waals surface area contributed by atoms with Gasteiger partial charge in [0, 0.05) is 17.2 Å². The second-order valence-corrected chi connectivity index (χ2v) is 4.33. The lowest BCUT2D eigenvalue weighted by Gasteiger charge is -2.32. The summed E-state index contributed by atoms with van der Waals surface area (Å²) in [4.78, 5) is 0. The summed E-state index contributed by atoms with van der Waals surface area (Å²) in [7, 11) is 0. The van der Waals surface area contributed by atoms with Gasteiger partial charge in [0.15, 0.2) is 0 Å². The van der Waals surface area contributed by atoms with Crippen molar-refractivity contribution in [1.82, 2.24) is 10.2 Å². The van der Waals surface area contributed by atoms with E-state index >= 15 is 0 Å². The topological polar surface area (TPSA) is 54.7 Å². The monoisotopic (exact) mass is 179 g/mol. The van der Waals surface area contributed by atoms with Gasteiger partial charge in [-0.05, 0) is 12.8 Å². The number of anilines is 1. The first-order valence-corrected chi connectivity index (χ1v) is 5.02. The van der Waals surface area contributed by atoms with E-state index in [0.29, 0.717) is 11.2 Å². The van der Waals surface area contributed by atoms with Gasteiger partial charge < -0.3 is 5.73 Å². The van der Waals surface area contributed by atoms with Gasteiger partial charge in [-0.3, -0.25) is 5.10 Å². The normalized spacial score (nSPS) is 21.6. The van der Waals surface area contributed by atoms with Crippen LogP contribution in [0.25, 0.3) is 0 Å². The SMILES string of the molecule is CC1(c2cc(N)n[nH]2)CCCCC1. The molecule has 1 aromatic heterocycles. The molecule has 0 saturated heterocycles. The molecular formula is C10H17N3. The molecule has 0 radical (unpaired) electrons. The van der Waals surface area contributed by atoms with Crippen LogP contribution in [0.4, 0.5) is 5.82 Å². The van der Waals surface area contributed by atoms with Crippen LogP contribution in [-0.2, 0) is 5.41 Å². The van der Waals surface area contributed by atoms with Crippen LogP contribution in [0.1, 0.15) is 44.7 Å². The van der Waals surface area contributed by atoms with Crippen LogP contribution in [0.3, 0.4) is 0 Å². The number of nitrogen functional groups attached to an aromatic ring is 1. The molecule has 1 aliphatic carbocycles. The van der Waals surface area contributed by atoms with Gasteiger partial charge in [-0.25, -0.2) is 0 Å². The summed E-state index contributed by atoms with van der Waals surface area (Å²) in [5.41, 5.74) is 7.11. The van der Waals surface area contributed by atoms with Crippen LogP contribution < -0.4 is 5.73 Å². The minimum Gasteiger partial charge on any atom is -0.382 e. The number of aromatic amines is 1. The third-order valence-corrected chi connectivity index (χ3v) is 3.21. The van der Waals surface area contributed by atoms with Crippen LogP contribution >= 0.6 is 0 Å². The van der Waals surface area contributed by atoms with Gasteiger partial charge in [0.25, 0.3) is 0 Å². The van der Waals surface area contributed by atoms with Crippen LogP contribution in [0.15, 0.2) is 6.07 Å². The Morgan fingerprint density at radius 2 is 2.08 bits per heavy atom. The highest BCUT2D eigenvalue weighted by Gasteiger charge is 2.30. The van der Waals surface area contributed by atoms with Gasteiger partial charge in [0.05, 0.1) is 0 Å². The molecule has 1 heterocycles. The summed E-state index contributed by atoms with van der Waals surface area (Å²) in [5, 5.41) is 7.03. The summed E-state index contributed by atoms with van der Waals surface area (Å²) >= 11 is 0. The van der Waals surface area contributed by atoms with E-state index in [1.165, 1.54) is 37.8 Å². The minimum atomic E-state index is 0.295. The quantitative estimate of drug-likeness (QED) is 0.694. The van der Waals surface area contributed by atoms with Gasteiger partial charge in [0.2, 0.25) is 0 Å². The number of hydrogen-bond acceptors (Lipinski definition) is 2. The van der Waals surface area contributed by atoms with E-state index in [1.54, 1.807) is 0 Å². The molecule has 0 aromatic carbocycles. The molecule has 72 valence electrons. The van der Waals surface area contributed by atoms with Crippen LogP contribution in [0.5, 0.6) is 0 Å². The second-order valence-electron chi connectivity index (χ2n) is 4.33. The zero-order valence-electron chi connectivity index (χ0n) is 8.14. The van der Waals surface area contributed by atoms with Crippen molar-refractivity contribution in [2.24, 2.45) is 0 Å². The van der Waals surface area contributed by atoms with Crippen molar-refractivity contribution < 1.29 is 0 Å². The highest BCUT2D eigenvalue weighted by Crippen LogP contribution is 2.38. The first kappa shape index (κ1) is 8.60. The Morgan fingerprint density at radius 1 is 1.38 bits per heavy atom. The molecule has 1 aromatic rings. The Bertz CT molecular complexity index is 284. The molecule has 3 N–H and O–H groups in total. The minimum absolute atomic E-state index is 0.295. The smallest absolute Gasteiger partial charge is 0.145 e. The predicted molar refractivity (Wildman–Crippen MR) is 53.4 cm³/mol. The Kier molecular flexibility index (Phi) is 2.02. The summed E-state index contributed by atoms with van der Waals surface area (Å²) in [6.45, 7) is 2.30. The average Bonchev–Trinajstić information content (AvgIpc) is 2.54. The molecule has 0 unspecified atom stereocenters. The van der Waals surface area contributed by atoms with Crippen molar-refractivity contribution in [3.05, 3.63) is 11.8 Å². The molecule has 1 saturated carbocycles. The van der Waals surface area contributed by atoms with Crippen molar-refractivity contribution in [1.29, 1.82) is 0 Å². The molecule has 0 spiro atoms. The van der Waals surface area contributed by atoms with E-state index in [9.17, 15) is 0 Å². The standard InChI is InChI=1S/C10H17N3/c1-10(5-3-2-4-6-10)8-7-9(11)13-12-8/h7H,2-6H2,1H3,(H3,11,12,13). The highest BCUT2D eigenvalue weighted by atomic mass is 15.2. The molecule has 1 fully saturated rings. The fourth-order valence-electron chi connectivity index (χ4n) is 2.25. The molecule has 0 atom stereocenters. The maximum atomic E-state index is 5.60. The number of H-pyrrole nitrogens is 1. The molecular weight excluding hydrogens is 162 g/mol. The molecule has 13 heavy (non-hydrogen) atoms. The van der Waals surface area contributed by atoms with Gasteiger partial charge >= 0.3 is 0 Å². The third-order valence-electron chi connectivity index (χ3n) is 3.21. The first-order valence-electron chi connectivity index (χ1n) is 5.02. The Balaban J connectivity index is 2.22. The number of nitrogens with zero attached hydrogens (tertiary/aromatic N) is 1. The zero-order valence-corrected chi connectivity index (χ0v) is 8.14. The Labute approximate surface area is 78.7 Å². The fourth-order valence-corrected chi connectivity index (χ4v) is 2.25. The lowest BCUT2D eigenvalue weighted by Crippen LogP contribution is -2.25. The van der Waals surface area contributed by atoms with E-state index in [4.69, 9.17) is 5.73 Å². The van der Waals surface area contributed by atoms with E-state index < -0.39 is 0 Å². The van der Waals surface area contributed by atoms with E-state index in [1.807, 2.05) is 6.07 Å². The number of nitrogens with one attached hydrogen (secondary N) is 1. The van der Waals surface area contributed by atoms with Gasteiger partial charge in [-0.1, -0.05) is 26.2 Å². The summed E-state index contributed by atoms with van der Waals surface area (Å²) in [6.07, 6.45) is 6.55. The maximum absolute atomic E-state index is 5.60.